The highest BCUT2D eigenvalue weighted by molar-refractivity contribution is 6.33. The van der Waals surface area contributed by atoms with E-state index in [9.17, 15) is 9.90 Å². The second-order valence-electron chi connectivity index (χ2n) is 6.67. The quantitative estimate of drug-likeness (QED) is 0.352. The summed E-state index contributed by atoms with van der Waals surface area (Å²) in [5, 5.41) is 10.2. The van der Waals surface area contributed by atoms with Crippen LogP contribution in [-0.4, -0.2) is 30.8 Å². The van der Waals surface area contributed by atoms with E-state index in [1.807, 2.05) is 18.2 Å². The summed E-state index contributed by atoms with van der Waals surface area (Å²) < 4.78 is 12.3. The number of aryl methyl sites for hydroxylation is 1. The van der Waals surface area contributed by atoms with Crippen LogP contribution >= 0.6 is 23.2 Å². The molecule has 4 rings (SSSR count). The van der Waals surface area contributed by atoms with Crippen molar-refractivity contribution in [1.82, 2.24) is 19.5 Å². The normalized spacial score (nSPS) is 10.7. The summed E-state index contributed by atoms with van der Waals surface area (Å²) in [4.78, 5) is 24.4. The molecule has 0 aliphatic heterocycles. The van der Waals surface area contributed by atoms with Crippen LogP contribution in [0.2, 0.25) is 10.0 Å². The van der Waals surface area contributed by atoms with Gasteiger partial charge in [-0.25, -0.2) is 14.8 Å². The number of halogens is 2. The van der Waals surface area contributed by atoms with E-state index in [0.29, 0.717) is 38.6 Å². The molecule has 2 aromatic carbocycles. The van der Waals surface area contributed by atoms with Crippen LogP contribution in [0.4, 0.5) is 4.79 Å². The van der Waals surface area contributed by atoms with Crippen molar-refractivity contribution in [3.63, 3.8) is 0 Å². The van der Waals surface area contributed by atoms with E-state index < -0.39 is 6.16 Å². The van der Waals surface area contributed by atoms with Gasteiger partial charge < -0.3 is 14.6 Å². The number of benzene rings is 2. The number of imidazole rings is 1. The molecule has 2 aromatic heterocycles. The summed E-state index contributed by atoms with van der Waals surface area (Å²) in [5.74, 6) is 1.22. The molecule has 8 nitrogen and oxygen atoms in total. The fourth-order valence-corrected chi connectivity index (χ4v) is 3.43. The Balaban J connectivity index is 1.78. The fraction of sp³-hybridized carbons (Fsp3) is 0.0909. The molecular weight excluding hydrogens is 455 g/mol. The summed E-state index contributed by atoms with van der Waals surface area (Å²) in [7, 11) is 0. The van der Waals surface area contributed by atoms with Crippen LogP contribution in [0.25, 0.3) is 11.5 Å². The van der Waals surface area contributed by atoms with E-state index in [1.165, 1.54) is 12.4 Å². The van der Waals surface area contributed by atoms with Crippen molar-refractivity contribution in [1.29, 1.82) is 0 Å². The number of rotatable bonds is 6. The number of hydrogen-bond acceptors (Lipinski definition) is 6. The van der Waals surface area contributed by atoms with Gasteiger partial charge >= 0.3 is 6.16 Å². The van der Waals surface area contributed by atoms with E-state index in [2.05, 4.69) is 15.0 Å². The molecule has 32 heavy (non-hydrogen) atoms. The van der Waals surface area contributed by atoms with Crippen molar-refractivity contribution in [2.45, 2.75) is 13.5 Å². The first-order chi connectivity index (χ1) is 15.4. The highest BCUT2D eigenvalue weighted by atomic mass is 35.5. The minimum absolute atomic E-state index is 0.0414. The predicted molar refractivity (Wildman–Crippen MR) is 119 cm³/mol. The number of aromatic nitrogens is 4. The lowest BCUT2D eigenvalue weighted by Crippen LogP contribution is -2.11. The Morgan fingerprint density at radius 2 is 1.88 bits per heavy atom. The zero-order valence-electron chi connectivity index (χ0n) is 16.7. The van der Waals surface area contributed by atoms with Gasteiger partial charge in [0.1, 0.15) is 17.1 Å². The van der Waals surface area contributed by atoms with Crippen molar-refractivity contribution < 1.29 is 19.4 Å². The van der Waals surface area contributed by atoms with E-state index in [4.69, 9.17) is 32.7 Å². The molecule has 0 saturated heterocycles. The lowest BCUT2D eigenvalue weighted by molar-refractivity contribution is 0.140. The molecule has 0 fully saturated rings. The van der Waals surface area contributed by atoms with E-state index in [1.54, 1.807) is 41.8 Å². The number of carboxylic acid groups (broad SMARTS) is 1. The molecular formula is C22H16Cl2N4O4. The summed E-state index contributed by atoms with van der Waals surface area (Å²) in [5.41, 5.74) is 1.37. The van der Waals surface area contributed by atoms with Gasteiger partial charge in [-0.15, -0.1) is 0 Å². The third-order valence-electron chi connectivity index (χ3n) is 4.41. The van der Waals surface area contributed by atoms with Crippen LogP contribution in [0.1, 0.15) is 11.3 Å². The van der Waals surface area contributed by atoms with Gasteiger partial charge in [0, 0.05) is 10.0 Å². The first-order valence-electron chi connectivity index (χ1n) is 9.38. The third kappa shape index (κ3) is 4.82. The molecule has 2 heterocycles. The minimum Gasteiger partial charge on any atom is -0.449 e. The molecule has 1 N–H and O–H groups in total. The topological polar surface area (TPSA) is 99.4 Å². The Kier molecular flexibility index (Phi) is 6.25. The van der Waals surface area contributed by atoms with Crippen LogP contribution in [-0.2, 0) is 6.54 Å². The molecule has 0 saturated carbocycles. The molecule has 0 atom stereocenters. The molecule has 0 spiro atoms. The highest BCUT2D eigenvalue weighted by Gasteiger charge is 2.22. The Morgan fingerprint density at radius 3 is 2.62 bits per heavy atom. The van der Waals surface area contributed by atoms with Gasteiger partial charge in [-0.3, -0.25) is 9.55 Å². The van der Waals surface area contributed by atoms with Gasteiger partial charge in [0.2, 0.25) is 11.8 Å². The lowest BCUT2D eigenvalue weighted by atomic mass is 10.2. The maximum Gasteiger partial charge on any atom is 0.512 e. The smallest absolute Gasteiger partial charge is 0.449 e. The fourth-order valence-electron chi connectivity index (χ4n) is 3.06. The number of para-hydroxylation sites is 1. The average Bonchev–Trinajstić information content (AvgIpc) is 3.06. The largest absolute Gasteiger partial charge is 0.512 e. The van der Waals surface area contributed by atoms with E-state index >= 15 is 0 Å². The van der Waals surface area contributed by atoms with Crippen LogP contribution < -0.4 is 9.47 Å². The zero-order valence-corrected chi connectivity index (χ0v) is 18.2. The summed E-state index contributed by atoms with van der Waals surface area (Å²) in [6, 6.07) is 14.2. The third-order valence-corrected chi connectivity index (χ3v) is 5.02. The molecule has 162 valence electrons. The summed E-state index contributed by atoms with van der Waals surface area (Å²) in [6.07, 6.45) is 1.50. The Hall–Kier alpha value is -3.62. The molecule has 0 unspecified atom stereocenters. The zero-order chi connectivity index (χ0) is 22.7. The minimum atomic E-state index is -1.47. The van der Waals surface area contributed by atoms with Gasteiger partial charge in [-0.1, -0.05) is 41.4 Å². The monoisotopic (exact) mass is 470 g/mol. The van der Waals surface area contributed by atoms with Crippen LogP contribution in [0.3, 0.4) is 0 Å². The number of ether oxygens (including phenoxy) is 2. The van der Waals surface area contributed by atoms with Gasteiger partial charge in [0.15, 0.2) is 5.82 Å². The molecule has 0 aliphatic carbocycles. The standard InChI is InChI=1S/C22H16Cl2N4O4/c1-13-21(32-22(29)30)28(12-14-9-15(23)7-8-17(14)24)20(26-13)18-10-25-11-19(27-18)31-16-5-3-2-4-6-16/h2-11H,12H2,1H3,(H,29,30). The molecule has 4 aromatic rings. The van der Waals surface area contributed by atoms with Gasteiger partial charge in [-0.2, -0.15) is 0 Å². The molecule has 0 amide bonds. The number of nitrogens with zero attached hydrogens (tertiary/aromatic N) is 4. The molecule has 10 heteroatoms. The van der Waals surface area contributed by atoms with Crippen LogP contribution in [0.15, 0.2) is 60.9 Å². The molecule has 0 aliphatic rings. The first kappa shape index (κ1) is 21.6. The Morgan fingerprint density at radius 1 is 1.09 bits per heavy atom. The number of carbonyl (C=O) groups is 1. The summed E-state index contributed by atoms with van der Waals surface area (Å²) >= 11 is 12.4. The maximum atomic E-state index is 11.3. The second-order valence-corrected chi connectivity index (χ2v) is 7.52. The van der Waals surface area contributed by atoms with Crippen molar-refractivity contribution in [2.75, 3.05) is 0 Å². The highest BCUT2D eigenvalue weighted by Crippen LogP contribution is 2.31. The second kappa shape index (κ2) is 9.25. The first-order valence-corrected chi connectivity index (χ1v) is 10.1. The average molecular weight is 471 g/mol. The Labute approximate surface area is 193 Å². The van der Waals surface area contributed by atoms with E-state index in [-0.39, 0.29) is 18.3 Å². The predicted octanol–water partition coefficient (Wildman–Crippen LogP) is 5.85. The lowest BCUT2D eigenvalue weighted by Gasteiger charge is -2.13. The maximum absolute atomic E-state index is 11.3. The van der Waals surface area contributed by atoms with Crippen molar-refractivity contribution in [3.05, 3.63) is 82.2 Å². The number of hydrogen-bond donors (Lipinski definition) is 1. The Bertz CT molecular complexity index is 1280. The van der Waals surface area contributed by atoms with Crippen molar-refractivity contribution in [3.8, 4) is 29.0 Å². The van der Waals surface area contributed by atoms with Crippen molar-refractivity contribution >= 4 is 29.4 Å². The molecule has 0 radical (unpaired) electrons. The van der Waals surface area contributed by atoms with Gasteiger partial charge in [0.25, 0.3) is 0 Å². The van der Waals surface area contributed by atoms with Crippen LogP contribution in [0, 0.1) is 6.92 Å². The van der Waals surface area contributed by atoms with Crippen molar-refractivity contribution in [2.24, 2.45) is 0 Å². The van der Waals surface area contributed by atoms with Crippen LogP contribution in [0.5, 0.6) is 17.5 Å². The SMILES string of the molecule is Cc1nc(-c2cncc(Oc3ccccc3)n2)n(Cc2cc(Cl)ccc2Cl)c1OC(=O)O. The van der Waals surface area contributed by atoms with E-state index in [0.717, 1.165) is 0 Å². The van der Waals surface area contributed by atoms with Gasteiger partial charge in [-0.05, 0) is 42.8 Å². The molecule has 0 bridgehead atoms. The summed E-state index contributed by atoms with van der Waals surface area (Å²) in [6.45, 7) is 1.78. The van der Waals surface area contributed by atoms with Gasteiger partial charge in [0.05, 0.1) is 18.9 Å².